The molecule has 0 amide bonds. The van der Waals surface area contributed by atoms with Crippen molar-refractivity contribution in [3.05, 3.63) is 41.0 Å². The number of rotatable bonds is 3. The summed E-state index contributed by atoms with van der Waals surface area (Å²) in [5, 5.41) is 13.1. The van der Waals surface area contributed by atoms with Gasteiger partial charge < -0.3 is 9.84 Å². The average molecular weight is 271 g/mol. The fourth-order valence-corrected chi connectivity index (χ4v) is 1.97. The normalized spacial score (nSPS) is 10.0. The van der Waals surface area contributed by atoms with Crippen molar-refractivity contribution in [1.29, 1.82) is 0 Å². The molecule has 5 heteroatoms. The van der Waals surface area contributed by atoms with Crippen molar-refractivity contribution < 1.29 is 9.84 Å². The molecule has 0 bridgehead atoms. The number of nitrogens with zero attached hydrogens (tertiary/aromatic N) is 3. The molecule has 1 aromatic carbocycles. The highest BCUT2D eigenvalue weighted by atomic mass is 16.5. The van der Waals surface area contributed by atoms with E-state index in [1.165, 1.54) is 0 Å². The fourth-order valence-electron chi connectivity index (χ4n) is 1.97. The van der Waals surface area contributed by atoms with Crippen molar-refractivity contribution in [3.63, 3.8) is 0 Å². The number of aryl methyl sites for hydroxylation is 2. The Bertz CT molecular complexity index is 665. The van der Waals surface area contributed by atoms with Crippen LogP contribution in [0.4, 0.5) is 0 Å². The topological polar surface area (TPSA) is 60.2 Å². The van der Waals surface area contributed by atoms with E-state index in [-0.39, 0.29) is 6.61 Å². The van der Waals surface area contributed by atoms with Crippen molar-refractivity contribution in [2.24, 2.45) is 0 Å². The van der Waals surface area contributed by atoms with Crippen LogP contribution in [-0.2, 0) is 6.54 Å². The first-order chi connectivity index (χ1) is 9.63. The number of hydrogen-bond donors (Lipinski definition) is 1. The molecule has 0 radical (unpaired) electrons. The van der Waals surface area contributed by atoms with Crippen LogP contribution in [0.25, 0.3) is 0 Å². The molecule has 0 saturated carbocycles. The van der Waals surface area contributed by atoms with Crippen LogP contribution in [0.3, 0.4) is 0 Å². The summed E-state index contributed by atoms with van der Waals surface area (Å²) in [6.45, 7) is 4.25. The number of methoxy groups -OCH3 is 1. The van der Waals surface area contributed by atoms with E-state index < -0.39 is 0 Å². The zero-order valence-corrected chi connectivity index (χ0v) is 11.8. The molecular formula is C15H17N3O2. The number of aliphatic hydroxyl groups is 1. The van der Waals surface area contributed by atoms with Gasteiger partial charge in [0.2, 0.25) is 0 Å². The predicted octanol–water partition coefficient (Wildman–Crippen LogP) is 1.30. The molecule has 0 aliphatic heterocycles. The van der Waals surface area contributed by atoms with Crippen LogP contribution in [-0.4, -0.2) is 33.6 Å². The molecule has 0 aliphatic carbocycles. The third-order valence-electron chi connectivity index (χ3n) is 2.86. The zero-order valence-electron chi connectivity index (χ0n) is 11.8. The second-order valence-corrected chi connectivity index (χ2v) is 4.36. The van der Waals surface area contributed by atoms with Crippen LogP contribution >= 0.6 is 0 Å². The number of ether oxygens (including phenoxy) is 1. The lowest BCUT2D eigenvalue weighted by molar-refractivity contribution is 0.350. The van der Waals surface area contributed by atoms with E-state index in [2.05, 4.69) is 21.9 Å². The molecule has 1 heterocycles. The summed E-state index contributed by atoms with van der Waals surface area (Å²) in [7, 11) is 1.60. The maximum atomic E-state index is 8.80. The summed E-state index contributed by atoms with van der Waals surface area (Å²) < 4.78 is 7.10. The van der Waals surface area contributed by atoms with E-state index in [9.17, 15) is 0 Å². The molecule has 2 aromatic rings. The highest BCUT2D eigenvalue weighted by Gasteiger charge is 2.06. The first kappa shape index (κ1) is 14.1. The fraction of sp³-hybridized carbons (Fsp3) is 0.333. The van der Waals surface area contributed by atoms with Gasteiger partial charge in [0.25, 0.3) is 0 Å². The van der Waals surface area contributed by atoms with E-state index in [0.29, 0.717) is 12.3 Å². The molecular weight excluding hydrogens is 254 g/mol. The van der Waals surface area contributed by atoms with E-state index in [1.54, 1.807) is 7.11 Å². The van der Waals surface area contributed by atoms with Crippen molar-refractivity contribution in [2.75, 3.05) is 13.7 Å². The van der Waals surface area contributed by atoms with Gasteiger partial charge in [0, 0.05) is 0 Å². The molecule has 2 rings (SSSR count). The molecule has 0 aliphatic rings. The monoisotopic (exact) mass is 271 g/mol. The molecule has 104 valence electrons. The smallest absolute Gasteiger partial charge is 0.147 e. The van der Waals surface area contributed by atoms with Gasteiger partial charge in [-0.15, -0.1) is 0 Å². The Morgan fingerprint density at radius 2 is 2.15 bits per heavy atom. The maximum Gasteiger partial charge on any atom is 0.147 e. The Balaban J connectivity index is 2.31. The van der Waals surface area contributed by atoms with E-state index in [0.717, 1.165) is 22.8 Å². The van der Waals surface area contributed by atoms with Crippen LogP contribution in [0.5, 0.6) is 5.75 Å². The quantitative estimate of drug-likeness (QED) is 0.855. The van der Waals surface area contributed by atoms with Crippen LogP contribution in [0, 0.1) is 25.7 Å². The minimum absolute atomic E-state index is 0.172. The molecule has 5 nitrogen and oxygen atoms in total. The lowest BCUT2D eigenvalue weighted by atomic mass is 10.1. The van der Waals surface area contributed by atoms with Crippen LogP contribution in [0.15, 0.2) is 18.2 Å². The Morgan fingerprint density at radius 1 is 1.35 bits per heavy atom. The number of aliphatic hydroxyl groups excluding tert-OH is 1. The summed E-state index contributed by atoms with van der Waals surface area (Å²) in [6, 6.07) is 5.78. The molecule has 0 fully saturated rings. The largest absolute Gasteiger partial charge is 0.495 e. The van der Waals surface area contributed by atoms with E-state index in [1.807, 2.05) is 36.7 Å². The second kappa shape index (κ2) is 6.22. The Labute approximate surface area is 118 Å². The number of hydrogen-bond acceptors (Lipinski definition) is 4. The third-order valence-corrected chi connectivity index (χ3v) is 2.86. The van der Waals surface area contributed by atoms with Gasteiger partial charge in [0.1, 0.15) is 24.0 Å². The van der Waals surface area contributed by atoms with E-state index >= 15 is 0 Å². The predicted molar refractivity (Wildman–Crippen MR) is 75.6 cm³/mol. The minimum Gasteiger partial charge on any atom is -0.495 e. The second-order valence-electron chi connectivity index (χ2n) is 4.36. The molecule has 0 spiro atoms. The van der Waals surface area contributed by atoms with Gasteiger partial charge in [-0.25, -0.2) is 9.67 Å². The Kier molecular flexibility index (Phi) is 4.38. The summed E-state index contributed by atoms with van der Waals surface area (Å²) in [5.41, 5.74) is 1.81. The minimum atomic E-state index is -0.172. The van der Waals surface area contributed by atoms with Crippen molar-refractivity contribution in [3.8, 4) is 17.6 Å². The summed E-state index contributed by atoms with van der Waals surface area (Å²) in [5.74, 6) is 7.86. The lowest BCUT2D eigenvalue weighted by Gasteiger charge is -2.07. The molecule has 0 unspecified atom stereocenters. The van der Waals surface area contributed by atoms with Gasteiger partial charge >= 0.3 is 0 Å². The zero-order chi connectivity index (χ0) is 14.5. The molecule has 1 aromatic heterocycles. The lowest BCUT2D eigenvalue weighted by Crippen LogP contribution is -2.04. The van der Waals surface area contributed by atoms with Gasteiger partial charge in [-0.05, 0) is 31.5 Å². The van der Waals surface area contributed by atoms with Gasteiger partial charge in [-0.2, -0.15) is 5.10 Å². The molecule has 0 atom stereocenters. The molecule has 1 N–H and O–H groups in total. The number of benzene rings is 1. The summed E-state index contributed by atoms with van der Waals surface area (Å²) in [6.07, 6.45) is 0. The first-order valence-electron chi connectivity index (χ1n) is 6.28. The molecule has 20 heavy (non-hydrogen) atoms. The molecule has 0 saturated heterocycles. The highest BCUT2D eigenvalue weighted by molar-refractivity contribution is 5.48. The van der Waals surface area contributed by atoms with Crippen LogP contribution < -0.4 is 4.74 Å². The van der Waals surface area contributed by atoms with Gasteiger partial charge in [-0.1, -0.05) is 17.9 Å². The standard InChI is InChI=1S/C15H17N3O2/c1-11-16-12(2)18(17-11)10-13-6-7-15(20-3)14(9-13)5-4-8-19/h6-7,9,19H,8,10H2,1-3H3. The van der Waals surface area contributed by atoms with Crippen molar-refractivity contribution >= 4 is 0 Å². The Morgan fingerprint density at radius 3 is 2.75 bits per heavy atom. The van der Waals surface area contributed by atoms with E-state index in [4.69, 9.17) is 9.84 Å². The third kappa shape index (κ3) is 3.16. The highest BCUT2D eigenvalue weighted by Crippen LogP contribution is 2.19. The van der Waals surface area contributed by atoms with Crippen molar-refractivity contribution in [1.82, 2.24) is 14.8 Å². The maximum absolute atomic E-state index is 8.80. The summed E-state index contributed by atoms with van der Waals surface area (Å²) in [4.78, 5) is 4.28. The average Bonchev–Trinajstić information content (AvgIpc) is 2.75. The van der Waals surface area contributed by atoms with Gasteiger partial charge in [0.15, 0.2) is 0 Å². The van der Waals surface area contributed by atoms with Crippen LogP contribution in [0.2, 0.25) is 0 Å². The number of aromatic nitrogens is 3. The van der Waals surface area contributed by atoms with Crippen LogP contribution in [0.1, 0.15) is 22.8 Å². The first-order valence-corrected chi connectivity index (χ1v) is 6.28. The van der Waals surface area contributed by atoms with Gasteiger partial charge in [0.05, 0.1) is 19.2 Å². The van der Waals surface area contributed by atoms with Gasteiger partial charge in [-0.3, -0.25) is 0 Å². The van der Waals surface area contributed by atoms with Crippen molar-refractivity contribution in [2.45, 2.75) is 20.4 Å². The summed E-state index contributed by atoms with van der Waals surface area (Å²) >= 11 is 0. The Hall–Kier alpha value is -2.32. The SMILES string of the molecule is COc1ccc(Cn2nc(C)nc2C)cc1C#CCO.